The van der Waals surface area contributed by atoms with Gasteiger partial charge in [-0.2, -0.15) is 0 Å². The summed E-state index contributed by atoms with van der Waals surface area (Å²) in [5.41, 5.74) is 13.4. The van der Waals surface area contributed by atoms with E-state index in [1.165, 1.54) is 77.2 Å². The van der Waals surface area contributed by atoms with Crippen LogP contribution in [0, 0.1) is 13.0 Å². The lowest BCUT2D eigenvalue weighted by Crippen LogP contribution is -2.07. The summed E-state index contributed by atoms with van der Waals surface area (Å²) in [6.45, 7) is 2.22. The van der Waals surface area contributed by atoms with Crippen LogP contribution in [0.2, 0.25) is 0 Å². The monoisotopic (exact) mass is 484 g/mol. The first-order chi connectivity index (χ1) is 18.7. The molecule has 0 N–H and O–H groups in total. The zero-order valence-corrected chi connectivity index (χ0v) is 21.3. The van der Waals surface area contributed by atoms with E-state index >= 15 is 0 Å². The van der Waals surface area contributed by atoms with Gasteiger partial charge in [-0.25, -0.2) is 0 Å². The lowest BCUT2D eigenvalue weighted by atomic mass is 9.83. The van der Waals surface area contributed by atoms with E-state index in [2.05, 4.69) is 121 Å². The Labute approximate surface area is 222 Å². The van der Waals surface area contributed by atoms with Crippen LogP contribution in [0.1, 0.15) is 27.8 Å². The fourth-order valence-electron chi connectivity index (χ4n) is 6.44. The average molecular weight is 485 g/mol. The Hall–Kier alpha value is -4.62. The van der Waals surface area contributed by atoms with Gasteiger partial charge in [0, 0.05) is 16.5 Å². The van der Waals surface area contributed by atoms with Gasteiger partial charge in [0.15, 0.2) is 0 Å². The van der Waals surface area contributed by atoms with Crippen LogP contribution in [0.5, 0.6) is 0 Å². The van der Waals surface area contributed by atoms with Gasteiger partial charge in [0.1, 0.15) is 0 Å². The third kappa shape index (κ3) is 3.25. The maximum atomic E-state index is 3.13. The van der Waals surface area contributed by atoms with Crippen LogP contribution in [-0.2, 0) is 12.8 Å². The molecule has 6 aromatic carbocycles. The first-order valence-corrected chi connectivity index (χ1v) is 13.4. The topological polar surface area (TPSA) is 4.93 Å². The Bertz CT molecular complexity index is 2020. The molecule has 0 aliphatic heterocycles. The molecule has 0 unspecified atom stereocenters. The maximum Gasteiger partial charge on any atom is 0.0570 e. The first kappa shape index (κ1) is 21.5. The molecule has 1 heteroatoms. The van der Waals surface area contributed by atoms with E-state index in [0.717, 1.165) is 12.8 Å². The summed E-state index contributed by atoms with van der Waals surface area (Å²) >= 11 is 0. The number of aromatic nitrogens is 1. The van der Waals surface area contributed by atoms with Crippen molar-refractivity contribution in [2.24, 2.45) is 0 Å². The summed E-state index contributed by atoms with van der Waals surface area (Å²) in [4.78, 5) is 0. The molecule has 179 valence electrons. The fraction of sp³-hybridized carbons (Fsp3) is 0.0811. The van der Waals surface area contributed by atoms with Crippen LogP contribution in [-0.4, -0.2) is 4.57 Å². The lowest BCUT2D eigenvalue weighted by molar-refractivity contribution is 1.01. The highest BCUT2D eigenvalue weighted by Crippen LogP contribution is 2.36. The highest BCUT2D eigenvalue weighted by molar-refractivity contribution is 6.10. The number of nitrogens with zero attached hydrogens (tertiary/aromatic N) is 1. The molecule has 0 spiro atoms. The van der Waals surface area contributed by atoms with Gasteiger partial charge in [-0.1, -0.05) is 97.1 Å². The lowest BCUT2D eigenvalue weighted by Gasteiger charge is -2.22. The van der Waals surface area contributed by atoms with Crippen molar-refractivity contribution in [2.45, 2.75) is 19.8 Å². The minimum absolute atomic E-state index is 0.987. The van der Waals surface area contributed by atoms with E-state index in [9.17, 15) is 0 Å². The second-order valence-corrected chi connectivity index (χ2v) is 10.6. The number of benzene rings is 6. The van der Waals surface area contributed by atoms with Crippen molar-refractivity contribution in [1.82, 2.24) is 4.57 Å². The normalized spacial score (nSPS) is 12.7. The van der Waals surface area contributed by atoms with Gasteiger partial charge < -0.3 is 4.57 Å². The van der Waals surface area contributed by atoms with E-state index in [-0.39, 0.29) is 0 Å². The second kappa shape index (κ2) is 8.19. The molecule has 1 nitrogen and oxygen atoms in total. The van der Waals surface area contributed by atoms with Gasteiger partial charge in [0.2, 0.25) is 0 Å². The Kier molecular flexibility index (Phi) is 4.63. The van der Waals surface area contributed by atoms with Crippen LogP contribution in [0.4, 0.5) is 0 Å². The van der Waals surface area contributed by atoms with Gasteiger partial charge >= 0.3 is 0 Å². The highest BCUT2D eigenvalue weighted by atomic mass is 15.0. The molecule has 7 aromatic rings. The quantitative estimate of drug-likeness (QED) is 0.230. The van der Waals surface area contributed by atoms with Crippen LogP contribution in [0.3, 0.4) is 0 Å². The molecule has 8 rings (SSSR count). The van der Waals surface area contributed by atoms with E-state index in [1.54, 1.807) is 0 Å². The van der Waals surface area contributed by atoms with E-state index < -0.39 is 0 Å². The molecule has 1 aliphatic carbocycles. The van der Waals surface area contributed by atoms with Crippen molar-refractivity contribution in [3.8, 4) is 16.8 Å². The predicted octanol–water partition coefficient (Wildman–Crippen LogP) is 9.21. The van der Waals surface area contributed by atoms with Gasteiger partial charge in [-0.15, -0.1) is 0 Å². The Morgan fingerprint density at radius 1 is 0.579 bits per heavy atom. The summed E-state index contributed by atoms with van der Waals surface area (Å²) in [5, 5.41) is 5.24. The van der Waals surface area contributed by atoms with Gasteiger partial charge in [-0.05, 0) is 93.7 Å². The minimum atomic E-state index is 0.987. The van der Waals surface area contributed by atoms with Gasteiger partial charge in [-0.3, -0.25) is 0 Å². The summed E-state index contributed by atoms with van der Waals surface area (Å²) in [6.07, 6.45) is 1.98. The number of rotatable bonds is 2. The highest BCUT2D eigenvalue weighted by Gasteiger charge is 2.18. The second-order valence-electron chi connectivity index (χ2n) is 10.6. The molecule has 38 heavy (non-hydrogen) atoms. The van der Waals surface area contributed by atoms with Crippen molar-refractivity contribution in [1.29, 1.82) is 0 Å². The molecule has 1 radical (unpaired) electrons. The van der Waals surface area contributed by atoms with Crippen LogP contribution >= 0.6 is 0 Å². The first-order valence-electron chi connectivity index (χ1n) is 13.4. The standard InChI is InChI=1S/C37H26N/c1-24-8-7-12-35-34-11-5-6-13-36(34)38(37(24)35)33-17-16-28-20-30-21-29-18-26(25-9-3-2-4-10-25)14-15-27(29)19-31(30)22-32(28)23-33/h3-18,20,22-23H,19,21H2,1H3. The van der Waals surface area contributed by atoms with Crippen LogP contribution in [0.25, 0.3) is 49.4 Å². The average Bonchev–Trinajstić information content (AvgIpc) is 3.31. The third-order valence-corrected chi connectivity index (χ3v) is 8.32. The van der Waals surface area contributed by atoms with Gasteiger partial charge in [0.25, 0.3) is 0 Å². The largest absolute Gasteiger partial charge is 0.309 e. The minimum Gasteiger partial charge on any atom is -0.309 e. The number of hydrogen-bond donors (Lipinski definition) is 0. The number of fused-ring (bicyclic) bond motifs is 6. The number of para-hydroxylation sites is 2. The molecule has 1 aromatic heterocycles. The van der Waals surface area contributed by atoms with E-state index in [1.807, 2.05) is 12.1 Å². The van der Waals surface area contributed by atoms with Crippen molar-refractivity contribution in [3.63, 3.8) is 0 Å². The molecule has 0 bridgehead atoms. The smallest absolute Gasteiger partial charge is 0.0570 e. The van der Waals surface area contributed by atoms with E-state index in [4.69, 9.17) is 0 Å². The van der Waals surface area contributed by atoms with Crippen LogP contribution < -0.4 is 0 Å². The fourth-order valence-corrected chi connectivity index (χ4v) is 6.44. The predicted molar refractivity (Wildman–Crippen MR) is 159 cm³/mol. The number of aryl methyl sites for hydroxylation is 1. The summed E-state index contributed by atoms with van der Waals surface area (Å²) < 4.78 is 2.44. The zero-order chi connectivity index (χ0) is 25.2. The van der Waals surface area contributed by atoms with Crippen LogP contribution in [0.15, 0.2) is 115 Å². The Balaban J connectivity index is 1.24. The molecule has 0 atom stereocenters. The summed E-state index contributed by atoms with van der Waals surface area (Å²) in [5.74, 6) is 0. The van der Waals surface area contributed by atoms with Crippen molar-refractivity contribution >= 4 is 32.6 Å². The molecule has 1 heterocycles. The number of hydrogen-bond acceptors (Lipinski definition) is 0. The summed E-state index contributed by atoms with van der Waals surface area (Å²) in [7, 11) is 0. The zero-order valence-electron chi connectivity index (χ0n) is 21.3. The molecule has 0 saturated carbocycles. The van der Waals surface area contributed by atoms with Crippen molar-refractivity contribution in [2.75, 3.05) is 0 Å². The molecule has 0 amide bonds. The SMILES string of the molecule is Cc1cccc2c3ccccc3n(-c3ccc4cc5c(cc4c3)Cc3ccc(-c4cc[c]cc4)cc3C5)c12. The summed E-state index contributed by atoms with van der Waals surface area (Å²) in [6, 6.07) is 45.6. The molecule has 0 saturated heterocycles. The molecular weight excluding hydrogens is 458 g/mol. The maximum absolute atomic E-state index is 3.13. The van der Waals surface area contributed by atoms with Crippen molar-refractivity contribution in [3.05, 3.63) is 149 Å². The van der Waals surface area contributed by atoms with E-state index in [0.29, 0.717) is 0 Å². The van der Waals surface area contributed by atoms with Crippen molar-refractivity contribution < 1.29 is 0 Å². The molecule has 1 aliphatic rings. The third-order valence-electron chi connectivity index (χ3n) is 8.32. The van der Waals surface area contributed by atoms with Gasteiger partial charge in [0.05, 0.1) is 11.0 Å². The Morgan fingerprint density at radius 2 is 1.34 bits per heavy atom. The molecular formula is C37H26N. The Morgan fingerprint density at radius 3 is 2.24 bits per heavy atom. The molecule has 0 fully saturated rings.